The first-order valence-corrected chi connectivity index (χ1v) is 4.26. The maximum absolute atomic E-state index is 8.35. The van der Waals surface area contributed by atoms with Gasteiger partial charge in [-0.05, 0) is 6.04 Å². The van der Waals surface area contributed by atoms with E-state index in [2.05, 4.69) is 12.0 Å². The van der Waals surface area contributed by atoms with Gasteiger partial charge in [0.1, 0.15) is 19.2 Å². The van der Waals surface area contributed by atoms with Crippen LogP contribution in [0.25, 0.3) is 5.41 Å². The molecular weight excluding hydrogens is 154 g/mol. The highest BCUT2D eigenvalue weighted by molar-refractivity contribution is 5.45. The van der Waals surface area contributed by atoms with Gasteiger partial charge in [0.2, 0.25) is 0 Å². The topological polar surface area (TPSA) is 48.3 Å². The number of morpholine rings is 1. The summed E-state index contributed by atoms with van der Waals surface area (Å²) in [6.07, 6.45) is 0.124. The molecule has 68 valence electrons. The summed E-state index contributed by atoms with van der Waals surface area (Å²) in [6, 6.07) is 1.82. The van der Waals surface area contributed by atoms with E-state index in [1.165, 1.54) is 4.90 Å². The number of nitrogens with zero attached hydrogens (tertiary/aromatic N) is 2. The largest absolute Gasteiger partial charge is 0.425 e. The summed E-state index contributed by atoms with van der Waals surface area (Å²) in [4.78, 5) is 5.20. The maximum atomic E-state index is 8.35. The number of ether oxygens (including phenoxy) is 1. The monoisotopic (exact) mass is 169 g/mol. The van der Waals surface area contributed by atoms with Crippen LogP contribution in [0.5, 0.6) is 0 Å². The van der Waals surface area contributed by atoms with Crippen molar-refractivity contribution in [1.29, 1.82) is 0 Å². The van der Waals surface area contributed by atoms with Crippen molar-refractivity contribution in [2.75, 3.05) is 26.7 Å². The molecule has 1 heterocycles. The van der Waals surface area contributed by atoms with Gasteiger partial charge in [0.25, 0.3) is 0 Å². The minimum atomic E-state index is 0.00486. The molecule has 1 N–H and O–H groups in total. The Balaban J connectivity index is 2.44. The minimum Gasteiger partial charge on any atom is -0.425 e. The summed E-state index contributed by atoms with van der Waals surface area (Å²) < 4.78 is 5.50. The predicted molar refractivity (Wildman–Crippen MR) is 46.6 cm³/mol. The standard InChI is InChI=1S/C8H14N3O/c1-7(10-6-9)8-5-11(2)3-4-12-8/h7-8H,3-5H2,1-2H3/q-1/p+1. The van der Waals surface area contributed by atoms with E-state index in [-0.39, 0.29) is 12.1 Å². The molecule has 1 aliphatic heterocycles. The van der Waals surface area contributed by atoms with Gasteiger partial charge in [-0.15, -0.1) is 0 Å². The van der Waals surface area contributed by atoms with Crippen LogP contribution >= 0.6 is 0 Å². The molecule has 3 unspecified atom stereocenters. The Morgan fingerprint density at radius 1 is 1.75 bits per heavy atom. The quantitative estimate of drug-likeness (QED) is 0.531. The predicted octanol–water partition coefficient (Wildman–Crippen LogP) is -0.968. The van der Waals surface area contributed by atoms with Crippen molar-refractivity contribution >= 4 is 6.01 Å². The van der Waals surface area contributed by atoms with Gasteiger partial charge in [-0.3, -0.25) is 0 Å². The number of aliphatic imine (C=N–C) groups is 1. The molecule has 0 radical (unpaired) electrons. The molecule has 4 heteroatoms. The van der Waals surface area contributed by atoms with Gasteiger partial charge in [0.15, 0.2) is 0 Å². The highest BCUT2D eigenvalue weighted by Crippen LogP contribution is 2.02. The molecule has 3 atom stereocenters. The molecule has 0 aliphatic carbocycles. The normalized spacial score (nSPS) is 32.2. The zero-order valence-corrected chi connectivity index (χ0v) is 7.58. The van der Waals surface area contributed by atoms with E-state index in [0.29, 0.717) is 0 Å². The summed E-state index contributed by atoms with van der Waals surface area (Å²) in [5, 5.41) is 8.35. The summed E-state index contributed by atoms with van der Waals surface area (Å²) in [5.41, 5.74) is 0. The Kier molecular flexibility index (Phi) is 3.41. The molecule has 0 saturated carbocycles. The number of nitrogens with one attached hydrogen (secondary N) is 1. The fraction of sp³-hybridized carbons (Fsp3) is 0.875. The van der Waals surface area contributed by atoms with Crippen LogP contribution in [0.4, 0.5) is 0 Å². The van der Waals surface area contributed by atoms with Gasteiger partial charge in [-0.1, -0.05) is 6.92 Å². The molecule has 1 aliphatic rings. The van der Waals surface area contributed by atoms with Crippen molar-refractivity contribution in [2.24, 2.45) is 4.99 Å². The number of likely N-dealkylation sites (N-methyl/N-ethyl adjacent to an activating group) is 1. The molecular formula is C8H15N3O. The van der Waals surface area contributed by atoms with Crippen molar-refractivity contribution < 1.29 is 9.64 Å². The molecule has 0 spiro atoms. The third-order valence-corrected chi connectivity index (χ3v) is 2.21. The molecule has 4 nitrogen and oxygen atoms in total. The second kappa shape index (κ2) is 4.36. The number of hydrogen-bond acceptors (Lipinski definition) is 2. The maximum Gasteiger partial charge on any atom is 0.109 e. The van der Waals surface area contributed by atoms with E-state index in [1.54, 1.807) is 0 Å². The van der Waals surface area contributed by atoms with Gasteiger partial charge in [-0.2, -0.15) is 6.01 Å². The number of quaternary nitrogens is 1. The van der Waals surface area contributed by atoms with Crippen molar-refractivity contribution in [2.45, 2.75) is 19.1 Å². The second-order valence-electron chi connectivity index (χ2n) is 3.29. The Bertz CT molecular complexity index is 189. The van der Waals surface area contributed by atoms with Gasteiger partial charge in [0.05, 0.1) is 13.7 Å². The molecule has 0 aromatic rings. The van der Waals surface area contributed by atoms with E-state index in [0.717, 1.165) is 19.7 Å². The highest BCUT2D eigenvalue weighted by atomic mass is 16.5. The Hall–Kier alpha value is -0.700. The fourth-order valence-corrected chi connectivity index (χ4v) is 1.37. The number of hydrogen-bond donors (Lipinski definition) is 1. The van der Waals surface area contributed by atoms with Crippen molar-refractivity contribution in [3.63, 3.8) is 0 Å². The average Bonchev–Trinajstić information content (AvgIpc) is 2.05. The van der Waals surface area contributed by atoms with E-state index in [1.807, 2.05) is 12.9 Å². The van der Waals surface area contributed by atoms with E-state index >= 15 is 0 Å². The van der Waals surface area contributed by atoms with Crippen molar-refractivity contribution in [1.82, 2.24) is 0 Å². The molecule has 0 amide bonds. The van der Waals surface area contributed by atoms with Crippen LogP contribution in [0, 0.1) is 0 Å². The zero-order valence-electron chi connectivity index (χ0n) is 7.58. The van der Waals surface area contributed by atoms with E-state index < -0.39 is 0 Å². The highest BCUT2D eigenvalue weighted by Gasteiger charge is 2.22. The molecule has 0 aromatic carbocycles. The van der Waals surface area contributed by atoms with Crippen LogP contribution < -0.4 is 4.90 Å². The van der Waals surface area contributed by atoms with Crippen molar-refractivity contribution in [3.05, 3.63) is 5.41 Å². The SMILES string of the molecule is CC(N=C=[N-])C1C[NH+](C)CCO1. The first-order valence-electron chi connectivity index (χ1n) is 4.26. The Morgan fingerprint density at radius 2 is 2.50 bits per heavy atom. The third-order valence-electron chi connectivity index (χ3n) is 2.21. The molecule has 0 bridgehead atoms. The summed E-state index contributed by atoms with van der Waals surface area (Å²) in [7, 11) is 2.13. The van der Waals surface area contributed by atoms with Crippen LogP contribution in [0.1, 0.15) is 6.92 Å². The average molecular weight is 169 g/mol. The number of rotatable bonds is 2. The molecule has 1 fully saturated rings. The Morgan fingerprint density at radius 3 is 3.08 bits per heavy atom. The first-order chi connectivity index (χ1) is 5.74. The van der Waals surface area contributed by atoms with E-state index in [4.69, 9.17) is 10.1 Å². The molecule has 1 rings (SSSR count). The summed E-state index contributed by atoms with van der Waals surface area (Å²) in [6.45, 7) is 4.70. The molecule has 0 aromatic heterocycles. The summed E-state index contributed by atoms with van der Waals surface area (Å²) >= 11 is 0. The van der Waals surface area contributed by atoms with Crippen LogP contribution in [-0.2, 0) is 4.74 Å². The van der Waals surface area contributed by atoms with Crippen LogP contribution in [0.15, 0.2) is 4.99 Å². The fourth-order valence-electron chi connectivity index (χ4n) is 1.37. The summed E-state index contributed by atoms with van der Waals surface area (Å²) in [5.74, 6) is 0. The molecule has 12 heavy (non-hydrogen) atoms. The van der Waals surface area contributed by atoms with Gasteiger partial charge in [0, 0.05) is 0 Å². The van der Waals surface area contributed by atoms with Crippen LogP contribution in [-0.4, -0.2) is 44.9 Å². The van der Waals surface area contributed by atoms with Gasteiger partial charge < -0.3 is 20.0 Å². The minimum absolute atomic E-state index is 0.00486. The molecule has 1 saturated heterocycles. The van der Waals surface area contributed by atoms with Crippen molar-refractivity contribution in [3.8, 4) is 0 Å². The lowest BCUT2D eigenvalue weighted by Gasteiger charge is -2.31. The first kappa shape index (κ1) is 9.39. The van der Waals surface area contributed by atoms with Crippen LogP contribution in [0.3, 0.4) is 0 Å². The third kappa shape index (κ3) is 2.41. The lowest BCUT2D eigenvalue weighted by Crippen LogP contribution is -3.12. The lowest BCUT2D eigenvalue weighted by molar-refractivity contribution is -0.892. The Labute approximate surface area is 72.7 Å². The smallest absolute Gasteiger partial charge is 0.109 e. The lowest BCUT2D eigenvalue weighted by atomic mass is 10.1. The van der Waals surface area contributed by atoms with Crippen LogP contribution in [0.2, 0.25) is 0 Å². The van der Waals surface area contributed by atoms with Gasteiger partial charge in [-0.25, -0.2) is 0 Å². The van der Waals surface area contributed by atoms with Gasteiger partial charge >= 0.3 is 0 Å². The zero-order chi connectivity index (χ0) is 8.97. The second-order valence-corrected chi connectivity index (χ2v) is 3.29. The van der Waals surface area contributed by atoms with E-state index in [9.17, 15) is 0 Å².